The molecule has 1 amide bonds. The molecule has 1 heterocycles. The lowest BCUT2D eigenvalue weighted by molar-refractivity contribution is -0.384. The largest absolute Gasteiger partial charge is 0.493 e. The highest BCUT2D eigenvalue weighted by atomic mass is 16.6. The van der Waals surface area contributed by atoms with Crippen molar-refractivity contribution in [3.05, 3.63) is 129 Å². The summed E-state index contributed by atoms with van der Waals surface area (Å²) in [6, 6.07) is 29.7. The lowest BCUT2D eigenvalue weighted by Crippen LogP contribution is -2.48. The normalized spacial score (nSPS) is 14.7. The highest BCUT2D eigenvalue weighted by Gasteiger charge is 2.40. The number of benzene rings is 4. The molecule has 0 saturated carbocycles. The minimum atomic E-state index is -0.517. The summed E-state index contributed by atoms with van der Waals surface area (Å²) in [7, 11) is 3.15. The molecule has 0 radical (unpaired) electrons. The van der Waals surface area contributed by atoms with Crippen molar-refractivity contribution in [3.63, 3.8) is 0 Å². The summed E-state index contributed by atoms with van der Waals surface area (Å²) in [5.41, 5.74) is 3.61. The van der Waals surface area contributed by atoms with Crippen molar-refractivity contribution in [2.45, 2.75) is 19.3 Å². The molecule has 0 fully saturated rings. The molecule has 0 N–H and O–H groups in total. The van der Waals surface area contributed by atoms with Gasteiger partial charge in [-0.15, -0.1) is 0 Å². The van der Waals surface area contributed by atoms with Gasteiger partial charge in [0.2, 0.25) is 0 Å². The van der Waals surface area contributed by atoms with E-state index in [1.165, 1.54) is 12.1 Å². The maximum Gasteiger partial charge on any atom is 0.270 e. The second-order valence-corrected chi connectivity index (χ2v) is 8.98. The number of nitro groups is 1. The number of amides is 1. The van der Waals surface area contributed by atoms with Crippen molar-refractivity contribution in [3.8, 4) is 11.5 Å². The Balaban J connectivity index is 1.72. The minimum Gasteiger partial charge on any atom is -0.493 e. The lowest BCUT2D eigenvalue weighted by Gasteiger charge is -2.46. The van der Waals surface area contributed by atoms with Crippen molar-refractivity contribution in [1.82, 2.24) is 4.90 Å². The topological polar surface area (TPSA) is 85.1 Å². The quantitative estimate of drug-likeness (QED) is 0.215. The van der Waals surface area contributed by atoms with Crippen molar-refractivity contribution in [2.75, 3.05) is 19.1 Å². The van der Waals surface area contributed by atoms with Crippen LogP contribution in [0.15, 0.2) is 97.1 Å². The third-order valence-corrected chi connectivity index (χ3v) is 6.68. The molecule has 0 unspecified atom stereocenters. The predicted octanol–water partition coefficient (Wildman–Crippen LogP) is 5.97. The van der Waals surface area contributed by atoms with Crippen LogP contribution in [0, 0.1) is 10.1 Å². The number of hydrogen-bond donors (Lipinski definition) is 0. The van der Waals surface area contributed by atoms with E-state index in [9.17, 15) is 14.9 Å². The molecule has 8 heteroatoms. The Hall–Kier alpha value is -4.85. The van der Waals surface area contributed by atoms with Crippen LogP contribution >= 0.6 is 0 Å². The Kier molecular flexibility index (Phi) is 6.95. The zero-order valence-electron chi connectivity index (χ0n) is 21.1. The van der Waals surface area contributed by atoms with Crippen LogP contribution in [-0.4, -0.2) is 29.9 Å². The first-order valence-electron chi connectivity index (χ1n) is 12.2. The lowest BCUT2D eigenvalue weighted by atomic mass is 9.98. The molecule has 5 rings (SSSR count). The third-order valence-electron chi connectivity index (χ3n) is 6.68. The predicted molar refractivity (Wildman–Crippen MR) is 144 cm³/mol. The van der Waals surface area contributed by atoms with E-state index < -0.39 is 11.1 Å². The van der Waals surface area contributed by atoms with Gasteiger partial charge in [-0.1, -0.05) is 66.7 Å². The van der Waals surface area contributed by atoms with Crippen LogP contribution in [-0.2, 0) is 13.1 Å². The average molecular weight is 510 g/mol. The van der Waals surface area contributed by atoms with Crippen molar-refractivity contribution in [1.29, 1.82) is 0 Å². The molecular weight excluding hydrogens is 482 g/mol. The fourth-order valence-electron chi connectivity index (χ4n) is 4.89. The van der Waals surface area contributed by atoms with Gasteiger partial charge in [-0.3, -0.25) is 14.9 Å². The Bertz CT molecular complexity index is 1460. The second kappa shape index (κ2) is 10.6. The SMILES string of the molecule is COc1ccc([C@H]2N(Cc3ccccc3)C(=O)c3cc([N+](=O)[O-])ccc3N2Cc2ccccc2)cc1OC. The molecule has 4 aromatic carbocycles. The van der Waals surface area contributed by atoms with Gasteiger partial charge in [0, 0.05) is 25.2 Å². The Morgan fingerprint density at radius 1 is 0.763 bits per heavy atom. The molecule has 38 heavy (non-hydrogen) atoms. The molecule has 1 aliphatic heterocycles. The molecule has 192 valence electrons. The molecular formula is C30H27N3O5. The van der Waals surface area contributed by atoms with Crippen LogP contribution < -0.4 is 14.4 Å². The van der Waals surface area contributed by atoms with Crippen LogP contribution in [0.1, 0.15) is 33.2 Å². The molecule has 0 aromatic heterocycles. The minimum absolute atomic E-state index is 0.124. The van der Waals surface area contributed by atoms with E-state index >= 15 is 0 Å². The van der Waals surface area contributed by atoms with Crippen LogP contribution in [0.3, 0.4) is 0 Å². The summed E-state index contributed by atoms with van der Waals surface area (Å²) in [6.45, 7) is 0.787. The first-order chi connectivity index (χ1) is 18.5. The molecule has 0 bridgehead atoms. The average Bonchev–Trinajstić information content (AvgIpc) is 2.96. The number of rotatable bonds is 8. The summed E-state index contributed by atoms with van der Waals surface area (Å²) in [5.74, 6) is 0.849. The highest BCUT2D eigenvalue weighted by molar-refractivity contribution is 6.02. The van der Waals surface area contributed by atoms with E-state index in [0.29, 0.717) is 35.8 Å². The van der Waals surface area contributed by atoms with E-state index in [4.69, 9.17) is 9.47 Å². The smallest absolute Gasteiger partial charge is 0.270 e. The summed E-state index contributed by atoms with van der Waals surface area (Å²) in [4.78, 5) is 29.1. The number of nitro benzene ring substituents is 1. The van der Waals surface area contributed by atoms with E-state index in [1.807, 2.05) is 78.9 Å². The molecule has 0 spiro atoms. The Labute approximate surface area is 220 Å². The van der Waals surface area contributed by atoms with Gasteiger partial charge in [-0.25, -0.2) is 0 Å². The van der Waals surface area contributed by atoms with E-state index in [0.717, 1.165) is 16.7 Å². The fraction of sp³-hybridized carbons (Fsp3) is 0.167. The summed E-state index contributed by atoms with van der Waals surface area (Å²) in [6.07, 6.45) is -0.517. The molecule has 0 saturated heterocycles. The molecule has 1 atom stereocenters. The van der Waals surface area contributed by atoms with Crippen molar-refractivity contribution < 1.29 is 19.2 Å². The first kappa shape index (κ1) is 24.8. The maximum absolute atomic E-state index is 14.1. The second-order valence-electron chi connectivity index (χ2n) is 8.98. The fourth-order valence-corrected chi connectivity index (χ4v) is 4.89. The van der Waals surface area contributed by atoms with Gasteiger partial charge < -0.3 is 19.3 Å². The number of non-ortho nitro benzene ring substituents is 1. The number of ether oxygens (including phenoxy) is 2. The van der Waals surface area contributed by atoms with Crippen molar-refractivity contribution >= 4 is 17.3 Å². The number of methoxy groups -OCH3 is 2. The van der Waals surface area contributed by atoms with Crippen LogP contribution in [0.2, 0.25) is 0 Å². The van der Waals surface area contributed by atoms with Gasteiger partial charge in [0.05, 0.1) is 30.4 Å². The first-order valence-corrected chi connectivity index (χ1v) is 12.2. The van der Waals surface area contributed by atoms with Gasteiger partial charge in [0.25, 0.3) is 11.6 Å². The molecule has 4 aromatic rings. The van der Waals surface area contributed by atoms with E-state index in [-0.39, 0.29) is 11.6 Å². The van der Waals surface area contributed by atoms with Gasteiger partial charge >= 0.3 is 0 Å². The standard InChI is InChI=1S/C30H27N3O5/c1-37-27-16-13-23(17-28(27)38-2)29-31(19-21-9-5-3-6-10-21)26-15-14-24(33(35)36)18-25(26)30(34)32(29)20-22-11-7-4-8-12-22/h3-18,29H,19-20H2,1-2H3/t29-/m1/s1. The van der Waals surface area contributed by atoms with E-state index in [1.54, 1.807) is 25.2 Å². The van der Waals surface area contributed by atoms with Crippen LogP contribution in [0.5, 0.6) is 11.5 Å². The zero-order chi connectivity index (χ0) is 26.6. The van der Waals surface area contributed by atoms with Crippen LogP contribution in [0.25, 0.3) is 0 Å². The third kappa shape index (κ3) is 4.76. The number of hydrogen-bond acceptors (Lipinski definition) is 6. The monoisotopic (exact) mass is 509 g/mol. The molecule has 0 aliphatic carbocycles. The number of carbonyl (C=O) groups is 1. The summed E-state index contributed by atoms with van der Waals surface area (Å²) >= 11 is 0. The number of anilines is 1. The zero-order valence-corrected chi connectivity index (χ0v) is 21.1. The molecule has 8 nitrogen and oxygen atoms in total. The summed E-state index contributed by atoms with van der Waals surface area (Å²) in [5, 5.41) is 11.6. The van der Waals surface area contributed by atoms with E-state index in [2.05, 4.69) is 4.90 Å². The Morgan fingerprint density at radius 2 is 1.37 bits per heavy atom. The number of carbonyl (C=O) groups excluding carboxylic acids is 1. The maximum atomic E-state index is 14.1. The van der Waals surface area contributed by atoms with Gasteiger partial charge in [0.1, 0.15) is 6.17 Å². The van der Waals surface area contributed by atoms with Gasteiger partial charge in [-0.05, 0) is 34.9 Å². The van der Waals surface area contributed by atoms with Gasteiger partial charge in [-0.2, -0.15) is 0 Å². The molecule has 1 aliphatic rings. The Morgan fingerprint density at radius 3 is 1.95 bits per heavy atom. The van der Waals surface area contributed by atoms with Gasteiger partial charge in [0.15, 0.2) is 11.5 Å². The van der Waals surface area contributed by atoms with Crippen LogP contribution in [0.4, 0.5) is 11.4 Å². The summed E-state index contributed by atoms with van der Waals surface area (Å²) < 4.78 is 11.0. The highest BCUT2D eigenvalue weighted by Crippen LogP contribution is 2.43. The van der Waals surface area contributed by atoms with Crippen molar-refractivity contribution in [2.24, 2.45) is 0 Å². The number of nitrogens with zero attached hydrogens (tertiary/aromatic N) is 3. The number of fused-ring (bicyclic) bond motifs is 1.